The molecular formula is C15H25ClN4O4S. The van der Waals surface area contributed by atoms with Gasteiger partial charge in [0.25, 0.3) is 0 Å². The van der Waals surface area contributed by atoms with Gasteiger partial charge in [0.2, 0.25) is 15.9 Å². The molecule has 1 aromatic carbocycles. The van der Waals surface area contributed by atoms with Crippen LogP contribution in [-0.4, -0.2) is 54.7 Å². The highest BCUT2D eigenvalue weighted by atomic mass is 35.5. The van der Waals surface area contributed by atoms with Crippen LogP contribution < -0.4 is 20.7 Å². The summed E-state index contributed by atoms with van der Waals surface area (Å²) in [5.41, 5.74) is 1.10. The molecule has 0 radical (unpaired) electrons. The van der Waals surface area contributed by atoms with Gasteiger partial charge in [0.05, 0.1) is 28.8 Å². The van der Waals surface area contributed by atoms with Gasteiger partial charge in [-0.15, -0.1) is 12.4 Å². The minimum atomic E-state index is -3.58. The third kappa shape index (κ3) is 5.82. The van der Waals surface area contributed by atoms with E-state index in [0.29, 0.717) is 31.1 Å². The summed E-state index contributed by atoms with van der Waals surface area (Å²) in [5.74, 6) is -0.227. The van der Waals surface area contributed by atoms with Crippen molar-refractivity contribution in [3.05, 3.63) is 18.2 Å². The molecule has 1 aliphatic rings. The molecule has 0 aromatic heterocycles. The van der Waals surface area contributed by atoms with E-state index < -0.39 is 10.0 Å². The maximum Gasteiger partial charge on any atom is 0.240 e. The first kappa shape index (κ1) is 21.7. The molecule has 1 heterocycles. The Bertz CT molecular complexity index is 678. The highest BCUT2D eigenvalue weighted by Crippen LogP contribution is 2.26. The molecular weight excluding hydrogens is 368 g/mol. The average molecular weight is 393 g/mol. The lowest BCUT2D eigenvalue weighted by molar-refractivity contribution is -0.119. The molecule has 0 spiro atoms. The second-order valence-electron chi connectivity index (χ2n) is 5.51. The van der Waals surface area contributed by atoms with Gasteiger partial charge in [0, 0.05) is 20.2 Å². The Morgan fingerprint density at radius 1 is 1.36 bits per heavy atom. The van der Waals surface area contributed by atoms with Gasteiger partial charge < -0.3 is 20.7 Å². The van der Waals surface area contributed by atoms with Crippen LogP contribution in [0.1, 0.15) is 6.42 Å². The number of carbonyl (C=O) groups excluding carboxylic acids is 1. The minimum absolute atomic E-state index is 0. The molecule has 1 saturated heterocycles. The predicted molar refractivity (Wildman–Crippen MR) is 99.9 cm³/mol. The van der Waals surface area contributed by atoms with E-state index in [1.54, 1.807) is 13.2 Å². The fourth-order valence-corrected chi connectivity index (χ4v) is 3.22. The maximum absolute atomic E-state index is 12.4. The van der Waals surface area contributed by atoms with Crippen molar-refractivity contribution >= 4 is 39.7 Å². The number of benzene rings is 1. The fourth-order valence-electron chi connectivity index (χ4n) is 2.47. The first-order valence-corrected chi connectivity index (χ1v) is 9.28. The number of sulfonamides is 1. The lowest BCUT2D eigenvalue weighted by Crippen LogP contribution is -2.25. The molecule has 0 saturated carbocycles. The van der Waals surface area contributed by atoms with Crippen LogP contribution in [0.15, 0.2) is 23.1 Å². The summed E-state index contributed by atoms with van der Waals surface area (Å²) in [5, 5.41) is 9.12. The number of amides is 1. The summed E-state index contributed by atoms with van der Waals surface area (Å²) in [7, 11) is -0.637. The second-order valence-corrected chi connectivity index (χ2v) is 7.40. The van der Waals surface area contributed by atoms with Crippen molar-refractivity contribution in [2.45, 2.75) is 11.3 Å². The summed E-state index contributed by atoms with van der Waals surface area (Å²) in [4.78, 5) is 12.5. The molecule has 1 unspecified atom stereocenters. The van der Waals surface area contributed by atoms with Crippen LogP contribution >= 0.6 is 12.4 Å². The quantitative estimate of drug-likeness (QED) is 0.483. The molecule has 1 aliphatic heterocycles. The normalized spacial score (nSPS) is 17.0. The molecule has 10 heteroatoms. The number of methoxy groups -OCH3 is 1. The van der Waals surface area contributed by atoms with Crippen LogP contribution in [0.3, 0.4) is 0 Å². The number of hydrogen-bond donors (Lipinski definition) is 4. The van der Waals surface area contributed by atoms with E-state index >= 15 is 0 Å². The van der Waals surface area contributed by atoms with Gasteiger partial charge in [-0.25, -0.2) is 13.1 Å². The van der Waals surface area contributed by atoms with Crippen molar-refractivity contribution < 1.29 is 17.9 Å². The van der Waals surface area contributed by atoms with Gasteiger partial charge >= 0.3 is 0 Å². The molecule has 1 aromatic rings. The topological polar surface area (TPSA) is 109 Å². The maximum atomic E-state index is 12.4. The van der Waals surface area contributed by atoms with Gasteiger partial charge in [-0.3, -0.25) is 4.79 Å². The van der Waals surface area contributed by atoms with Gasteiger partial charge in [-0.2, -0.15) is 0 Å². The molecule has 8 nitrogen and oxygen atoms in total. The number of carbonyl (C=O) groups is 1. The van der Waals surface area contributed by atoms with E-state index in [1.807, 2.05) is 0 Å². The summed E-state index contributed by atoms with van der Waals surface area (Å²) in [6.45, 7) is 2.48. The van der Waals surface area contributed by atoms with Gasteiger partial charge in [0.1, 0.15) is 0 Å². The Morgan fingerprint density at radius 2 is 2.12 bits per heavy atom. The molecule has 4 N–H and O–H groups in total. The molecule has 1 fully saturated rings. The van der Waals surface area contributed by atoms with Gasteiger partial charge in [0.15, 0.2) is 0 Å². The zero-order valence-electron chi connectivity index (χ0n) is 14.3. The van der Waals surface area contributed by atoms with E-state index in [-0.39, 0.29) is 29.1 Å². The van der Waals surface area contributed by atoms with Crippen LogP contribution in [0.25, 0.3) is 0 Å². The third-order valence-corrected chi connectivity index (χ3v) is 5.29. The monoisotopic (exact) mass is 392 g/mol. The Balaban J connectivity index is 0.00000312. The number of anilines is 2. The third-order valence-electron chi connectivity index (χ3n) is 3.88. The van der Waals surface area contributed by atoms with Gasteiger partial charge in [-0.1, -0.05) is 0 Å². The number of rotatable bonds is 8. The first-order valence-electron chi connectivity index (χ1n) is 7.80. The van der Waals surface area contributed by atoms with E-state index in [1.165, 1.54) is 19.2 Å². The highest BCUT2D eigenvalue weighted by molar-refractivity contribution is 7.89. The van der Waals surface area contributed by atoms with Crippen LogP contribution in [-0.2, 0) is 19.6 Å². The number of ether oxygens (including phenoxy) is 1. The fraction of sp³-hybridized carbons (Fsp3) is 0.533. The molecule has 0 aliphatic carbocycles. The summed E-state index contributed by atoms with van der Waals surface area (Å²) in [6, 6.07) is 4.59. The van der Waals surface area contributed by atoms with Crippen molar-refractivity contribution in [3.63, 3.8) is 0 Å². The first-order chi connectivity index (χ1) is 11.5. The zero-order valence-corrected chi connectivity index (χ0v) is 15.9. The minimum Gasteiger partial charge on any atom is -0.383 e. The standard InChI is InChI=1S/C15H24N4O4S.ClH/c1-16-24(21,22)12-3-4-13(18-7-8-23-2)14(9-12)19-15(20)11-5-6-17-10-11;/h3-4,9,11,16-18H,5-8,10H2,1-2H3,(H,19,20);1H. The lowest BCUT2D eigenvalue weighted by Gasteiger charge is -2.16. The van der Waals surface area contributed by atoms with E-state index in [0.717, 1.165) is 13.0 Å². The Kier molecular flexibility index (Phi) is 8.60. The van der Waals surface area contributed by atoms with Gasteiger partial charge in [-0.05, 0) is 38.2 Å². The summed E-state index contributed by atoms with van der Waals surface area (Å²) in [6.07, 6.45) is 0.771. The number of nitrogens with one attached hydrogen (secondary N) is 4. The second kappa shape index (κ2) is 9.93. The van der Waals surface area contributed by atoms with Crippen LogP contribution in [0, 0.1) is 5.92 Å². The molecule has 1 amide bonds. The molecule has 2 rings (SSSR count). The Morgan fingerprint density at radius 3 is 2.72 bits per heavy atom. The molecule has 0 bridgehead atoms. The smallest absolute Gasteiger partial charge is 0.240 e. The summed E-state index contributed by atoms with van der Waals surface area (Å²) < 4.78 is 31.3. The van der Waals surface area contributed by atoms with Crippen molar-refractivity contribution in [3.8, 4) is 0 Å². The van der Waals surface area contributed by atoms with E-state index in [4.69, 9.17) is 4.74 Å². The molecule has 25 heavy (non-hydrogen) atoms. The van der Waals surface area contributed by atoms with Crippen molar-refractivity contribution in [2.24, 2.45) is 5.92 Å². The molecule has 1 atom stereocenters. The molecule has 142 valence electrons. The number of hydrogen-bond acceptors (Lipinski definition) is 6. The van der Waals surface area contributed by atoms with Crippen molar-refractivity contribution in [1.29, 1.82) is 0 Å². The highest BCUT2D eigenvalue weighted by Gasteiger charge is 2.23. The van der Waals surface area contributed by atoms with E-state index in [9.17, 15) is 13.2 Å². The van der Waals surface area contributed by atoms with E-state index in [2.05, 4.69) is 20.7 Å². The lowest BCUT2D eigenvalue weighted by atomic mass is 10.1. The zero-order chi connectivity index (χ0) is 17.6. The predicted octanol–water partition coefficient (Wildman–Crippen LogP) is 0.623. The summed E-state index contributed by atoms with van der Waals surface area (Å²) >= 11 is 0. The largest absolute Gasteiger partial charge is 0.383 e. The van der Waals surface area contributed by atoms with Crippen molar-refractivity contribution in [1.82, 2.24) is 10.0 Å². The average Bonchev–Trinajstić information content (AvgIpc) is 3.11. The van der Waals surface area contributed by atoms with Crippen LogP contribution in [0.4, 0.5) is 11.4 Å². The van der Waals surface area contributed by atoms with Crippen molar-refractivity contribution in [2.75, 3.05) is 51.0 Å². The van der Waals surface area contributed by atoms with Crippen LogP contribution in [0.2, 0.25) is 0 Å². The number of halogens is 1. The van der Waals surface area contributed by atoms with Crippen LogP contribution in [0.5, 0.6) is 0 Å². The Labute approximate surface area is 154 Å². The SMILES string of the molecule is CNS(=O)(=O)c1ccc(NCCOC)c(NC(=O)C2CCNC2)c1.Cl. The Hall–Kier alpha value is -1.39.